The van der Waals surface area contributed by atoms with Gasteiger partial charge >= 0.3 is 0 Å². The number of benzene rings is 1. The first kappa shape index (κ1) is 15.8. The number of carbonyl (C=O) groups is 2. The van der Waals surface area contributed by atoms with Crippen molar-refractivity contribution in [3.63, 3.8) is 0 Å². The van der Waals surface area contributed by atoms with Gasteiger partial charge in [0.1, 0.15) is 0 Å². The number of rotatable bonds is 2. The molecule has 2 aromatic rings. The van der Waals surface area contributed by atoms with Crippen molar-refractivity contribution in [1.29, 1.82) is 0 Å². The number of piperidine rings is 1. The summed E-state index contributed by atoms with van der Waals surface area (Å²) in [5.74, 6) is 0.337. The number of carbonyl (C=O) groups excluding carboxylic acids is 2. The number of nitrogens with zero attached hydrogens (tertiary/aromatic N) is 2. The lowest BCUT2D eigenvalue weighted by Gasteiger charge is -2.41. The normalized spacial score (nSPS) is 22.0. The van der Waals surface area contributed by atoms with E-state index in [4.69, 9.17) is 0 Å². The highest BCUT2D eigenvalue weighted by Gasteiger charge is 2.52. The van der Waals surface area contributed by atoms with E-state index in [2.05, 4.69) is 22.4 Å². The van der Waals surface area contributed by atoms with E-state index in [1.165, 1.54) is 5.56 Å². The molecule has 3 heterocycles. The van der Waals surface area contributed by atoms with Crippen LogP contribution in [0.2, 0.25) is 0 Å². The predicted octanol–water partition coefficient (Wildman–Crippen LogP) is 2.22. The summed E-state index contributed by atoms with van der Waals surface area (Å²) in [5, 5.41) is 3.05. The van der Waals surface area contributed by atoms with Gasteiger partial charge in [-0.3, -0.25) is 14.6 Å². The summed E-state index contributed by atoms with van der Waals surface area (Å²) < 4.78 is 0. The quantitative estimate of drug-likeness (QED) is 0.915. The maximum Gasteiger partial charge on any atom is 0.253 e. The van der Waals surface area contributed by atoms with Crippen LogP contribution >= 0.6 is 0 Å². The molecule has 1 N–H and O–H groups in total. The van der Waals surface area contributed by atoms with E-state index >= 15 is 0 Å². The molecule has 1 aromatic carbocycles. The second kappa shape index (κ2) is 6.31. The first-order valence-electron chi connectivity index (χ1n) is 8.73. The van der Waals surface area contributed by atoms with E-state index in [1.54, 1.807) is 24.5 Å². The van der Waals surface area contributed by atoms with Gasteiger partial charge in [-0.05, 0) is 30.5 Å². The Morgan fingerprint density at radius 2 is 1.76 bits per heavy atom. The molecule has 1 atom stereocenters. The minimum atomic E-state index is -0.392. The number of nitrogens with one attached hydrogen (secondary N) is 1. The number of amides is 2. The van der Waals surface area contributed by atoms with Gasteiger partial charge in [-0.25, -0.2) is 0 Å². The standard InChI is InChI=1S/C20H21N3O2/c24-18(16-6-10-21-11-7-16)23-12-8-20(9-13-23)17(14-22-19(20)25)15-4-2-1-3-5-15/h1-7,10-11,17H,8-9,12-14H2,(H,22,25)/t17-/m0/s1. The molecule has 0 bridgehead atoms. The minimum absolute atomic E-state index is 0.0203. The van der Waals surface area contributed by atoms with Crippen LogP contribution in [0.4, 0.5) is 0 Å². The van der Waals surface area contributed by atoms with Gasteiger partial charge in [0, 0.05) is 43.5 Å². The molecule has 2 aliphatic rings. The topological polar surface area (TPSA) is 62.3 Å². The maximum atomic E-state index is 12.7. The SMILES string of the molecule is O=C(c1ccncc1)N1CCC2(CC1)C(=O)NC[C@H]2c1ccccc1. The third kappa shape index (κ3) is 2.69. The number of hydrogen-bond donors (Lipinski definition) is 1. The molecule has 25 heavy (non-hydrogen) atoms. The summed E-state index contributed by atoms with van der Waals surface area (Å²) in [6.45, 7) is 1.90. The monoisotopic (exact) mass is 335 g/mol. The zero-order chi connectivity index (χ0) is 17.3. The van der Waals surface area contributed by atoms with Crippen LogP contribution < -0.4 is 5.32 Å². The molecule has 1 aromatic heterocycles. The van der Waals surface area contributed by atoms with Crippen LogP contribution in [0, 0.1) is 5.41 Å². The smallest absolute Gasteiger partial charge is 0.253 e. The molecule has 0 unspecified atom stereocenters. The van der Waals surface area contributed by atoms with Crippen molar-refractivity contribution in [2.75, 3.05) is 19.6 Å². The van der Waals surface area contributed by atoms with E-state index in [0.29, 0.717) is 38.0 Å². The largest absolute Gasteiger partial charge is 0.355 e. The van der Waals surface area contributed by atoms with Gasteiger partial charge in [0.15, 0.2) is 0 Å². The van der Waals surface area contributed by atoms with Gasteiger partial charge in [-0.2, -0.15) is 0 Å². The lowest BCUT2D eigenvalue weighted by atomic mass is 9.68. The van der Waals surface area contributed by atoms with Gasteiger partial charge in [0.2, 0.25) is 5.91 Å². The highest BCUT2D eigenvalue weighted by Crippen LogP contribution is 2.47. The highest BCUT2D eigenvalue weighted by atomic mass is 16.2. The Hall–Kier alpha value is -2.69. The molecule has 128 valence electrons. The van der Waals surface area contributed by atoms with E-state index < -0.39 is 5.41 Å². The zero-order valence-corrected chi connectivity index (χ0v) is 14.0. The number of likely N-dealkylation sites (tertiary alicyclic amines) is 1. The van der Waals surface area contributed by atoms with Gasteiger partial charge < -0.3 is 10.2 Å². The summed E-state index contributed by atoms with van der Waals surface area (Å²) in [4.78, 5) is 31.1. The Morgan fingerprint density at radius 1 is 1.08 bits per heavy atom. The molecule has 0 saturated carbocycles. The van der Waals surface area contributed by atoms with Crippen molar-refractivity contribution in [2.45, 2.75) is 18.8 Å². The summed E-state index contributed by atoms with van der Waals surface area (Å²) in [5.41, 5.74) is 1.47. The van der Waals surface area contributed by atoms with Crippen molar-refractivity contribution >= 4 is 11.8 Å². The van der Waals surface area contributed by atoms with Gasteiger partial charge in [0.25, 0.3) is 5.91 Å². The second-order valence-electron chi connectivity index (χ2n) is 6.86. The van der Waals surface area contributed by atoms with Crippen LogP contribution in [-0.4, -0.2) is 41.3 Å². The van der Waals surface area contributed by atoms with Gasteiger partial charge in [-0.1, -0.05) is 30.3 Å². The third-order valence-electron chi connectivity index (χ3n) is 5.66. The lowest BCUT2D eigenvalue weighted by Crippen LogP contribution is -2.47. The molecule has 2 aliphatic heterocycles. The molecule has 2 saturated heterocycles. The number of aromatic nitrogens is 1. The van der Waals surface area contributed by atoms with E-state index in [1.807, 2.05) is 23.1 Å². The molecule has 0 radical (unpaired) electrons. The fraction of sp³-hybridized carbons (Fsp3) is 0.350. The summed E-state index contributed by atoms with van der Waals surface area (Å²) >= 11 is 0. The molecule has 2 amide bonds. The van der Waals surface area contributed by atoms with Crippen LogP contribution in [-0.2, 0) is 4.79 Å². The predicted molar refractivity (Wildman–Crippen MR) is 94.0 cm³/mol. The third-order valence-corrected chi connectivity index (χ3v) is 5.66. The van der Waals surface area contributed by atoms with Crippen LogP contribution in [0.5, 0.6) is 0 Å². The highest BCUT2D eigenvalue weighted by molar-refractivity contribution is 5.94. The summed E-state index contributed by atoms with van der Waals surface area (Å²) in [6, 6.07) is 13.7. The van der Waals surface area contributed by atoms with Crippen LogP contribution in [0.15, 0.2) is 54.9 Å². The first-order valence-corrected chi connectivity index (χ1v) is 8.73. The maximum absolute atomic E-state index is 12.7. The van der Waals surface area contributed by atoms with Crippen molar-refractivity contribution in [2.24, 2.45) is 5.41 Å². The number of hydrogen-bond acceptors (Lipinski definition) is 3. The Bertz CT molecular complexity index is 768. The van der Waals surface area contributed by atoms with Crippen LogP contribution in [0.25, 0.3) is 0 Å². The molecular weight excluding hydrogens is 314 g/mol. The van der Waals surface area contributed by atoms with Crippen molar-refractivity contribution in [3.05, 3.63) is 66.0 Å². The molecule has 2 fully saturated rings. The summed E-state index contributed by atoms with van der Waals surface area (Å²) in [6.07, 6.45) is 4.67. The molecule has 0 aliphatic carbocycles. The van der Waals surface area contributed by atoms with E-state index in [-0.39, 0.29) is 17.7 Å². The van der Waals surface area contributed by atoms with E-state index in [9.17, 15) is 9.59 Å². The molecule has 5 heteroatoms. The van der Waals surface area contributed by atoms with E-state index in [0.717, 1.165) is 0 Å². The van der Waals surface area contributed by atoms with Gasteiger partial charge in [0.05, 0.1) is 5.41 Å². The lowest BCUT2D eigenvalue weighted by molar-refractivity contribution is -0.130. The average Bonchev–Trinajstić information content (AvgIpc) is 2.99. The van der Waals surface area contributed by atoms with Gasteiger partial charge in [-0.15, -0.1) is 0 Å². The Morgan fingerprint density at radius 3 is 2.44 bits per heavy atom. The molecular formula is C20H21N3O2. The second-order valence-corrected chi connectivity index (χ2v) is 6.86. The molecule has 5 nitrogen and oxygen atoms in total. The average molecular weight is 335 g/mol. The molecule has 1 spiro atoms. The van der Waals surface area contributed by atoms with Crippen LogP contribution in [0.1, 0.15) is 34.7 Å². The Balaban J connectivity index is 1.53. The molecule has 4 rings (SSSR count). The van der Waals surface area contributed by atoms with Crippen molar-refractivity contribution in [1.82, 2.24) is 15.2 Å². The fourth-order valence-corrected chi connectivity index (χ4v) is 4.21. The summed E-state index contributed by atoms with van der Waals surface area (Å²) in [7, 11) is 0. The van der Waals surface area contributed by atoms with Crippen molar-refractivity contribution < 1.29 is 9.59 Å². The van der Waals surface area contributed by atoms with Crippen molar-refractivity contribution in [3.8, 4) is 0 Å². The fourth-order valence-electron chi connectivity index (χ4n) is 4.21. The van der Waals surface area contributed by atoms with Crippen LogP contribution in [0.3, 0.4) is 0 Å². The zero-order valence-electron chi connectivity index (χ0n) is 14.0. The Labute approximate surface area is 147 Å². The minimum Gasteiger partial charge on any atom is -0.355 e. The Kier molecular flexibility index (Phi) is 3.99. The first-order chi connectivity index (χ1) is 12.2. The number of pyridine rings is 1.